The second-order valence-corrected chi connectivity index (χ2v) is 14.4. The van der Waals surface area contributed by atoms with Crippen LogP contribution in [0.25, 0.3) is 0 Å². The van der Waals surface area contributed by atoms with Gasteiger partial charge in [-0.25, -0.2) is 0 Å². The summed E-state index contributed by atoms with van der Waals surface area (Å²) in [6, 6.07) is 25.7. The van der Waals surface area contributed by atoms with Crippen molar-refractivity contribution in [3.05, 3.63) is 141 Å². The molecule has 4 aromatic carbocycles. The lowest BCUT2D eigenvalue weighted by Crippen LogP contribution is -2.53. The van der Waals surface area contributed by atoms with E-state index in [1.165, 1.54) is 24.3 Å². The standard InChI is InChI=1S/C41H36N4O7/c1-22-9-11-27(12-10-22)42-44-38(48)33-21-32-30(17-18-31-34(32)39(49)43(37(31)47)28-13-15-29(16-14-28)45(51)52)35(25-19-23(2)36(46)24(3)20-25)41(33,40(44)50)26-7-5-4-6-8-26/h4-17,19-20,31-35,42,46H,18,21H2,1-3H3. The SMILES string of the molecule is Cc1ccc(NN2C(=O)C3CC4C(=CCC5C(=O)N(c6ccc([N+](=O)[O-])cc6)C(=O)C54)C(c4cc(C)c(O)c(C)c4)C3(c3ccccc3)C2=O)cc1. The van der Waals surface area contributed by atoms with Crippen molar-refractivity contribution >= 4 is 40.7 Å². The number of rotatable bonds is 6. The molecule has 0 spiro atoms. The van der Waals surface area contributed by atoms with Crippen LogP contribution in [0.4, 0.5) is 17.1 Å². The molecule has 262 valence electrons. The molecular weight excluding hydrogens is 660 g/mol. The van der Waals surface area contributed by atoms with Gasteiger partial charge in [0.05, 0.1) is 39.5 Å². The Kier molecular flexibility index (Phi) is 7.63. The highest BCUT2D eigenvalue weighted by molar-refractivity contribution is 6.22. The molecule has 2 heterocycles. The first-order valence-corrected chi connectivity index (χ1v) is 17.3. The largest absolute Gasteiger partial charge is 0.507 e. The highest BCUT2D eigenvalue weighted by Gasteiger charge is 2.70. The number of imide groups is 2. The Morgan fingerprint density at radius 1 is 0.827 bits per heavy atom. The molecule has 2 aliphatic heterocycles. The first kappa shape index (κ1) is 33.1. The van der Waals surface area contributed by atoms with E-state index in [1.54, 1.807) is 26.0 Å². The summed E-state index contributed by atoms with van der Waals surface area (Å²) in [6.07, 6.45) is 2.35. The normalized spacial score (nSPS) is 26.5. The summed E-state index contributed by atoms with van der Waals surface area (Å²) in [6.45, 7) is 5.53. The van der Waals surface area contributed by atoms with Crippen molar-refractivity contribution in [1.29, 1.82) is 0 Å². The number of carbonyl (C=O) groups excluding carboxylic acids is 4. The van der Waals surface area contributed by atoms with Crippen molar-refractivity contribution in [3.63, 3.8) is 0 Å². The van der Waals surface area contributed by atoms with E-state index in [-0.39, 0.29) is 30.0 Å². The van der Waals surface area contributed by atoms with Gasteiger partial charge in [-0.2, -0.15) is 5.01 Å². The summed E-state index contributed by atoms with van der Waals surface area (Å²) in [5.74, 6) is -5.31. The quantitative estimate of drug-likeness (QED) is 0.102. The predicted molar refractivity (Wildman–Crippen MR) is 192 cm³/mol. The lowest BCUT2D eigenvalue weighted by Gasteiger charge is -2.50. The highest BCUT2D eigenvalue weighted by atomic mass is 16.6. The summed E-state index contributed by atoms with van der Waals surface area (Å²) in [5, 5.41) is 23.3. The molecule has 8 rings (SSSR count). The van der Waals surface area contributed by atoms with Gasteiger partial charge in [0.15, 0.2) is 0 Å². The molecule has 2 saturated heterocycles. The van der Waals surface area contributed by atoms with E-state index in [0.29, 0.717) is 22.4 Å². The monoisotopic (exact) mass is 696 g/mol. The Bertz CT molecular complexity index is 2190. The van der Waals surface area contributed by atoms with Crippen molar-refractivity contribution in [1.82, 2.24) is 5.01 Å². The van der Waals surface area contributed by atoms with Gasteiger partial charge in [0.25, 0.3) is 17.5 Å². The fourth-order valence-electron chi connectivity index (χ4n) is 9.26. The molecule has 0 bridgehead atoms. The molecule has 6 atom stereocenters. The Morgan fingerprint density at radius 2 is 1.48 bits per heavy atom. The van der Waals surface area contributed by atoms with E-state index < -0.39 is 63.6 Å². The molecule has 2 aliphatic carbocycles. The van der Waals surface area contributed by atoms with E-state index in [9.17, 15) is 29.6 Å². The minimum absolute atomic E-state index is 0.130. The maximum atomic E-state index is 15.3. The Labute approximate surface area is 299 Å². The van der Waals surface area contributed by atoms with E-state index in [2.05, 4.69) is 5.43 Å². The molecule has 6 unspecified atom stereocenters. The summed E-state index contributed by atoms with van der Waals surface area (Å²) in [7, 11) is 0. The van der Waals surface area contributed by atoms with Crippen LogP contribution in [-0.2, 0) is 24.6 Å². The van der Waals surface area contributed by atoms with Crippen LogP contribution in [0.3, 0.4) is 0 Å². The van der Waals surface area contributed by atoms with Crippen LogP contribution in [0.15, 0.2) is 103 Å². The maximum absolute atomic E-state index is 15.3. The lowest BCUT2D eigenvalue weighted by molar-refractivity contribution is -0.384. The Balaban J connectivity index is 1.31. The molecule has 4 aliphatic rings. The zero-order chi connectivity index (χ0) is 36.6. The van der Waals surface area contributed by atoms with Gasteiger partial charge >= 0.3 is 0 Å². The fourth-order valence-corrected chi connectivity index (χ4v) is 9.26. The van der Waals surface area contributed by atoms with Crippen LogP contribution in [0, 0.1) is 54.6 Å². The number of fused-ring (bicyclic) bond motifs is 4. The first-order chi connectivity index (χ1) is 24.9. The molecule has 3 fully saturated rings. The molecule has 4 aromatic rings. The minimum atomic E-state index is -1.43. The van der Waals surface area contributed by atoms with Gasteiger partial charge in [0.1, 0.15) is 5.75 Å². The van der Waals surface area contributed by atoms with Gasteiger partial charge < -0.3 is 5.11 Å². The van der Waals surface area contributed by atoms with Gasteiger partial charge in [-0.05, 0) is 86.1 Å². The number of hydrogen-bond donors (Lipinski definition) is 2. The number of nitro benzene ring substituents is 1. The van der Waals surface area contributed by atoms with Crippen molar-refractivity contribution in [2.24, 2.45) is 23.7 Å². The number of amides is 4. The van der Waals surface area contributed by atoms with Gasteiger partial charge in [0, 0.05) is 18.1 Å². The molecule has 11 heteroatoms. The number of nitro groups is 1. The number of carbonyl (C=O) groups is 4. The Morgan fingerprint density at radius 3 is 2.12 bits per heavy atom. The fraction of sp³-hybridized carbons (Fsp3) is 0.268. The average molecular weight is 697 g/mol. The molecule has 1 saturated carbocycles. The maximum Gasteiger partial charge on any atom is 0.269 e. The number of phenolic OH excluding ortho intramolecular Hbond substituents is 1. The highest BCUT2D eigenvalue weighted by Crippen LogP contribution is 2.64. The van der Waals surface area contributed by atoms with Gasteiger partial charge in [-0.15, -0.1) is 0 Å². The second-order valence-electron chi connectivity index (χ2n) is 14.4. The minimum Gasteiger partial charge on any atom is -0.507 e. The van der Waals surface area contributed by atoms with E-state index >= 15 is 4.79 Å². The second kappa shape index (κ2) is 12.0. The molecule has 4 amide bonds. The molecular formula is C41H36N4O7. The van der Waals surface area contributed by atoms with E-state index in [4.69, 9.17) is 0 Å². The third-order valence-electron chi connectivity index (χ3n) is 11.6. The molecule has 11 nitrogen and oxygen atoms in total. The summed E-state index contributed by atoms with van der Waals surface area (Å²) in [5.41, 5.74) is 6.73. The summed E-state index contributed by atoms with van der Waals surface area (Å²) >= 11 is 0. The van der Waals surface area contributed by atoms with E-state index in [1.807, 2.05) is 67.6 Å². The zero-order valence-electron chi connectivity index (χ0n) is 28.8. The third kappa shape index (κ3) is 4.72. The number of hydrazine groups is 1. The number of nitrogens with zero attached hydrogens (tertiary/aromatic N) is 3. The number of phenols is 1. The van der Waals surface area contributed by atoms with Crippen LogP contribution in [-0.4, -0.2) is 38.7 Å². The number of aryl methyl sites for hydroxylation is 3. The van der Waals surface area contributed by atoms with Crippen molar-refractivity contribution in [2.45, 2.75) is 44.9 Å². The molecule has 2 N–H and O–H groups in total. The number of anilines is 2. The first-order valence-electron chi connectivity index (χ1n) is 17.3. The van der Waals surface area contributed by atoms with Crippen LogP contribution >= 0.6 is 0 Å². The smallest absolute Gasteiger partial charge is 0.269 e. The number of non-ortho nitro benzene ring substituents is 1. The zero-order valence-corrected chi connectivity index (χ0v) is 28.8. The number of benzene rings is 4. The molecule has 0 radical (unpaired) electrons. The van der Waals surface area contributed by atoms with Crippen LogP contribution in [0.1, 0.15) is 46.6 Å². The van der Waals surface area contributed by atoms with E-state index in [0.717, 1.165) is 26.6 Å². The number of hydrogen-bond acceptors (Lipinski definition) is 8. The topological polar surface area (TPSA) is 150 Å². The van der Waals surface area contributed by atoms with Gasteiger partial charge in [-0.3, -0.25) is 39.6 Å². The molecule has 52 heavy (non-hydrogen) atoms. The van der Waals surface area contributed by atoms with Crippen molar-refractivity contribution in [2.75, 3.05) is 10.3 Å². The van der Waals surface area contributed by atoms with Gasteiger partial charge in [-0.1, -0.05) is 71.8 Å². The average Bonchev–Trinajstić information content (AvgIpc) is 3.52. The van der Waals surface area contributed by atoms with Gasteiger partial charge in [0.2, 0.25) is 11.8 Å². The van der Waals surface area contributed by atoms with Crippen LogP contribution < -0.4 is 10.3 Å². The van der Waals surface area contributed by atoms with Crippen molar-refractivity contribution < 1.29 is 29.2 Å². The van der Waals surface area contributed by atoms with Crippen molar-refractivity contribution in [3.8, 4) is 5.75 Å². The number of aromatic hydroxyl groups is 1. The molecule has 0 aromatic heterocycles. The summed E-state index contributed by atoms with van der Waals surface area (Å²) < 4.78 is 0. The Hall–Kier alpha value is -6.10. The summed E-state index contributed by atoms with van der Waals surface area (Å²) in [4.78, 5) is 70.5. The van der Waals surface area contributed by atoms with Crippen LogP contribution in [0.5, 0.6) is 5.75 Å². The number of nitrogens with one attached hydrogen (secondary N) is 1. The number of allylic oxidation sites excluding steroid dienone is 2. The predicted octanol–water partition coefficient (Wildman–Crippen LogP) is 6.42. The third-order valence-corrected chi connectivity index (χ3v) is 11.6. The lowest BCUT2D eigenvalue weighted by atomic mass is 9.49. The van der Waals surface area contributed by atoms with Crippen LogP contribution in [0.2, 0.25) is 0 Å².